The minimum absolute atomic E-state index is 0.0633. The number of carbonyl (C=O) groups excluding carboxylic acids is 1. The molecule has 0 radical (unpaired) electrons. The van der Waals surface area contributed by atoms with Gasteiger partial charge < -0.3 is 19.9 Å². The zero-order chi connectivity index (χ0) is 21.9. The number of rotatable bonds is 6. The van der Waals surface area contributed by atoms with Gasteiger partial charge in [-0.05, 0) is 54.8 Å². The normalized spacial score (nSPS) is 16.6. The number of hydrogen-bond donors (Lipinski definition) is 1. The second-order valence-corrected chi connectivity index (χ2v) is 8.87. The highest BCUT2D eigenvalue weighted by atomic mass is 19.1. The zero-order valence-corrected chi connectivity index (χ0v) is 18.5. The van der Waals surface area contributed by atoms with E-state index >= 15 is 0 Å². The van der Waals surface area contributed by atoms with E-state index < -0.39 is 0 Å². The molecule has 162 valence electrons. The van der Waals surface area contributed by atoms with Gasteiger partial charge in [0.2, 0.25) is 0 Å². The van der Waals surface area contributed by atoms with Crippen LogP contribution in [0.2, 0.25) is 0 Å². The number of amides is 1. The highest BCUT2D eigenvalue weighted by Gasteiger charge is 2.24. The fourth-order valence-electron chi connectivity index (χ4n) is 3.61. The van der Waals surface area contributed by atoms with Gasteiger partial charge in [0.05, 0.1) is 5.69 Å². The molecule has 0 spiro atoms. The third-order valence-electron chi connectivity index (χ3n) is 5.71. The molecular formula is C24H32FN3O2. The Morgan fingerprint density at radius 1 is 1.23 bits per heavy atom. The number of nitrogens with zero attached hydrogens (tertiary/aromatic N) is 2. The summed E-state index contributed by atoms with van der Waals surface area (Å²) in [4.78, 5) is 16.0. The molecule has 6 heteroatoms. The van der Waals surface area contributed by atoms with Crippen molar-refractivity contribution in [1.82, 2.24) is 5.32 Å². The molecular weight excluding hydrogens is 381 g/mol. The lowest BCUT2D eigenvalue weighted by Gasteiger charge is -2.22. The van der Waals surface area contributed by atoms with Crippen LogP contribution in [0.5, 0.6) is 5.75 Å². The molecule has 3 rings (SSSR count). The third-order valence-corrected chi connectivity index (χ3v) is 5.71. The molecule has 1 unspecified atom stereocenters. The number of benzene rings is 2. The molecule has 1 saturated heterocycles. The topological polar surface area (TPSA) is 44.8 Å². The third kappa shape index (κ3) is 5.11. The first-order valence-electron chi connectivity index (χ1n) is 10.4. The molecule has 1 amide bonds. The van der Waals surface area contributed by atoms with E-state index in [4.69, 9.17) is 4.74 Å². The quantitative estimate of drug-likeness (QED) is 0.779. The number of hydrogen-bond acceptors (Lipinski definition) is 4. The number of carbonyl (C=O) groups is 1. The fourth-order valence-corrected chi connectivity index (χ4v) is 3.61. The van der Waals surface area contributed by atoms with Gasteiger partial charge in [0.1, 0.15) is 11.6 Å². The molecule has 1 heterocycles. The van der Waals surface area contributed by atoms with Crippen LogP contribution in [0.15, 0.2) is 42.5 Å². The second kappa shape index (κ2) is 9.04. The number of halogens is 1. The van der Waals surface area contributed by atoms with Crippen molar-refractivity contribution in [3.8, 4) is 5.75 Å². The van der Waals surface area contributed by atoms with Crippen LogP contribution in [0.25, 0.3) is 0 Å². The number of anilines is 2. The lowest BCUT2D eigenvalue weighted by atomic mass is 9.87. The van der Waals surface area contributed by atoms with Crippen molar-refractivity contribution in [3.63, 3.8) is 0 Å². The fraction of sp³-hybridized carbons (Fsp3) is 0.458. The van der Waals surface area contributed by atoms with Gasteiger partial charge in [0.15, 0.2) is 6.61 Å². The summed E-state index contributed by atoms with van der Waals surface area (Å²) >= 11 is 0. The maximum Gasteiger partial charge on any atom is 0.264 e. The van der Waals surface area contributed by atoms with Gasteiger partial charge in [0.25, 0.3) is 5.91 Å². The molecule has 0 aliphatic carbocycles. The van der Waals surface area contributed by atoms with Crippen LogP contribution in [-0.2, 0) is 10.2 Å². The zero-order valence-electron chi connectivity index (χ0n) is 18.5. The van der Waals surface area contributed by atoms with Crippen molar-refractivity contribution in [2.24, 2.45) is 0 Å². The minimum Gasteiger partial charge on any atom is -0.484 e. The Kier molecular flexibility index (Phi) is 6.66. The molecule has 2 aromatic rings. The summed E-state index contributed by atoms with van der Waals surface area (Å²) in [5.41, 5.74) is 2.35. The Morgan fingerprint density at radius 3 is 2.50 bits per heavy atom. The SMILES string of the molecule is CNC1CCN(c2ccc(N(C)C(=O)COc3ccc(C(C)(C)C)cc3)cc2F)C1. The van der Waals surface area contributed by atoms with Gasteiger partial charge in [-0.15, -0.1) is 0 Å². The molecule has 1 fully saturated rings. The molecule has 1 aliphatic heterocycles. The molecule has 5 nitrogen and oxygen atoms in total. The Morgan fingerprint density at radius 2 is 1.93 bits per heavy atom. The number of ether oxygens (including phenoxy) is 1. The summed E-state index contributed by atoms with van der Waals surface area (Å²) in [6, 6.07) is 13.1. The van der Waals surface area contributed by atoms with E-state index in [9.17, 15) is 9.18 Å². The van der Waals surface area contributed by atoms with E-state index in [0.717, 1.165) is 19.5 Å². The van der Waals surface area contributed by atoms with Crippen molar-refractivity contribution in [2.45, 2.75) is 38.6 Å². The van der Waals surface area contributed by atoms with Gasteiger partial charge in [-0.3, -0.25) is 4.79 Å². The lowest BCUT2D eigenvalue weighted by molar-refractivity contribution is -0.120. The highest BCUT2D eigenvalue weighted by molar-refractivity contribution is 5.94. The minimum atomic E-state index is -0.317. The Labute approximate surface area is 178 Å². The van der Waals surface area contributed by atoms with E-state index in [1.807, 2.05) is 36.2 Å². The van der Waals surface area contributed by atoms with Gasteiger partial charge in [0, 0.05) is 31.9 Å². The summed E-state index contributed by atoms with van der Waals surface area (Å²) < 4.78 is 20.3. The molecule has 1 aliphatic rings. The second-order valence-electron chi connectivity index (χ2n) is 8.87. The summed E-state index contributed by atoms with van der Waals surface area (Å²) in [5.74, 6) is 0.0838. The first kappa shape index (κ1) is 22.1. The molecule has 1 N–H and O–H groups in total. The van der Waals surface area contributed by atoms with Crippen LogP contribution in [-0.4, -0.2) is 45.7 Å². The van der Waals surface area contributed by atoms with E-state index in [2.05, 4.69) is 26.1 Å². The summed E-state index contributed by atoms with van der Waals surface area (Å²) in [7, 11) is 3.56. The first-order valence-corrected chi connectivity index (χ1v) is 10.4. The standard InChI is InChI=1S/C24H32FN3O2/c1-24(2,3)17-6-9-20(10-7-17)30-16-23(29)27(5)19-8-11-22(21(25)14-19)28-13-12-18(15-28)26-4/h6-11,14,18,26H,12-13,15-16H2,1-5H3. The van der Waals surface area contributed by atoms with Crippen LogP contribution < -0.4 is 19.9 Å². The van der Waals surface area contributed by atoms with Crippen LogP contribution >= 0.6 is 0 Å². The van der Waals surface area contributed by atoms with Crippen LogP contribution in [0, 0.1) is 5.82 Å². The van der Waals surface area contributed by atoms with E-state index in [0.29, 0.717) is 23.2 Å². The summed E-state index contributed by atoms with van der Waals surface area (Å²) in [6.45, 7) is 7.93. The number of nitrogens with one attached hydrogen (secondary N) is 1. The van der Waals surface area contributed by atoms with E-state index in [1.54, 1.807) is 19.2 Å². The summed E-state index contributed by atoms with van der Waals surface area (Å²) in [5, 5.41) is 3.23. The molecule has 2 aromatic carbocycles. The molecule has 1 atom stereocenters. The first-order chi connectivity index (χ1) is 14.2. The van der Waals surface area contributed by atoms with Gasteiger partial charge in [-0.25, -0.2) is 4.39 Å². The predicted molar refractivity (Wildman–Crippen MR) is 120 cm³/mol. The molecule has 0 bridgehead atoms. The van der Waals surface area contributed by atoms with Gasteiger partial charge >= 0.3 is 0 Å². The molecule has 0 aromatic heterocycles. The maximum atomic E-state index is 14.7. The molecule has 30 heavy (non-hydrogen) atoms. The van der Waals surface area contributed by atoms with Crippen molar-refractivity contribution in [2.75, 3.05) is 43.6 Å². The van der Waals surface area contributed by atoms with Crippen molar-refractivity contribution in [3.05, 3.63) is 53.8 Å². The lowest BCUT2D eigenvalue weighted by Crippen LogP contribution is -2.32. The van der Waals surface area contributed by atoms with Gasteiger partial charge in [-0.2, -0.15) is 0 Å². The van der Waals surface area contributed by atoms with Crippen molar-refractivity contribution >= 4 is 17.3 Å². The van der Waals surface area contributed by atoms with Crippen molar-refractivity contribution in [1.29, 1.82) is 0 Å². The smallest absolute Gasteiger partial charge is 0.264 e. The van der Waals surface area contributed by atoms with Gasteiger partial charge in [-0.1, -0.05) is 32.9 Å². The Bertz CT molecular complexity index is 877. The Balaban J connectivity index is 1.60. The Hall–Kier alpha value is -2.60. The number of likely N-dealkylation sites (N-methyl/N-ethyl adjacent to an activating group) is 2. The highest BCUT2D eigenvalue weighted by Crippen LogP contribution is 2.28. The van der Waals surface area contributed by atoms with E-state index in [1.165, 1.54) is 16.5 Å². The average molecular weight is 414 g/mol. The van der Waals surface area contributed by atoms with Crippen LogP contribution in [0.1, 0.15) is 32.8 Å². The predicted octanol–water partition coefficient (Wildman–Crippen LogP) is 3.96. The average Bonchev–Trinajstić information content (AvgIpc) is 3.20. The van der Waals surface area contributed by atoms with Crippen LogP contribution in [0.4, 0.5) is 15.8 Å². The monoisotopic (exact) mass is 413 g/mol. The van der Waals surface area contributed by atoms with Crippen LogP contribution in [0.3, 0.4) is 0 Å². The van der Waals surface area contributed by atoms with Crippen molar-refractivity contribution < 1.29 is 13.9 Å². The largest absolute Gasteiger partial charge is 0.484 e. The summed E-state index contributed by atoms with van der Waals surface area (Å²) in [6.07, 6.45) is 0.990. The van der Waals surface area contributed by atoms with E-state index in [-0.39, 0.29) is 23.7 Å². The molecule has 0 saturated carbocycles. The maximum absolute atomic E-state index is 14.7.